The summed E-state index contributed by atoms with van der Waals surface area (Å²) in [6.07, 6.45) is -1.16. The zero-order valence-electron chi connectivity index (χ0n) is 11.6. The Labute approximate surface area is 112 Å². The minimum atomic E-state index is -1.16. The smallest absolute Gasteiger partial charge is 0.314 e. The van der Waals surface area contributed by atoms with Crippen LogP contribution in [0.25, 0.3) is 0 Å². The Hall–Kier alpha value is -1.62. The molecule has 0 saturated carbocycles. The van der Waals surface area contributed by atoms with Gasteiger partial charge in [0, 0.05) is 0 Å². The highest BCUT2D eigenvalue weighted by Gasteiger charge is 2.38. The summed E-state index contributed by atoms with van der Waals surface area (Å²) in [7, 11) is 1.36. The van der Waals surface area contributed by atoms with Crippen LogP contribution in [0, 0.1) is 11.2 Å². The van der Waals surface area contributed by atoms with Crippen molar-refractivity contribution in [3.8, 4) is 5.75 Å². The molecule has 0 spiro atoms. The van der Waals surface area contributed by atoms with E-state index >= 15 is 0 Å². The van der Waals surface area contributed by atoms with Crippen LogP contribution in [0.2, 0.25) is 0 Å². The topological polar surface area (TPSA) is 55.8 Å². The number of aliphatic hydroxyl groups is 1. The number of benzene rings is 1. The van der Waals surface area contributed by atoms with E-state index in [2.05, 4.69) is 0 Å². The molecule has 0 bridgehead atoms. The minimum absolute atomic E-state index is 0.0879. The fraction of sp³-hybridized carbons (Fsp3) is 0.500. The summed E-state index contributed by atoms with van der Waals surface area (Å²) in [6, 6.07) is 4.09. The molecule has 19 heavy (non-hydrogen) atoms. The molecule has 0 aromatic heterocycles. The molecule has 0 fully saturated rings. The van der Waals surface area contributed by atoms with Crippen molar-refractivity contribution >= 4 is 5.97 Å². The van der Waals surface area contributed by atoms with Gasteiger partial charge in [0.2, 0.25) is 0 Å². The molecular weight excluding hydrogens is 251 g/mol. The first kappa shape index (κ1) is 15.4. The Morgan fingerprint density at radius 2 is 2.11 bits per heavy atom. The third-order valence-electron chi connectivity index (χ3n) is 2.98. The molecule has 106 valence electrons. The molecule has 1 rings (SSSR count). The van der Waals surface area contributed by atoms with E-state index in [1.54, 1.807) is 20.8 Å². The molecular formula is C14H19FO4. The van der Waals surface area contributed by atoms with E-state index in [0.29, 0.717) is 5.56 Å². The average molecular weight is 270 g/mol. The Bertz CT molecular complexity index is 457. The molecule has 1 unspecified atom stereocenters. The maximum Gasteiger partial charge on any atom is 0.314 e. The van der Waals surface area contributed by atoms with Crippen LogP contribution in [0.4, 0.5) is 4.39 Å². The predicted octanol–water partition coefficient (Wildman–Crippen LogP) is 2.46. The molecule has 5 heteroatoms. The molecule has 0 radical (unpaired) electrons. The lowest BCUT2D eigenvalue weighted by molar-refractivity contribution is -0.160. The summed E-state index contributed by atoms with van der Waals surface area (Å²) in [5.74, 6) is -1.03. The van der Waals surface area contributed by atoms with Crippen molar-refractivity contribution in [3.05, 3.63) is 29.6 Å². The van der Waals surface area contributed by atoms with Crippen molar-refractivity contribution in [3.63, 3.8) is 0 Å². The lowest BCUT2D eigenvalue weighted by Crippen LogP contribution is -2.33. The van der Waals surface area contributed by atoms with Gasteiger partial charge in [0.05, 0.1) is 25.2 Å². The monoisotopic (exact) mass is 270 g/mol. The van der Waals surface area contributed by atoms with Gasteiger partial charge in [-0.1, -0.05) is 6.07 Å². The van der Waals surface area contributed by atoms with Crippen LogP contribution in [-0.4, -0.2) is 24.8 Å². The van der Waals surface area contributed by atoms with Crippen LogP contribution < -0.4 is 4.74 Å². The van der Waals surface area contributed by atoms with Gasteiger partial charge in [-0.15, -0.1) is 0 Å². The van der Waals surface area contributed by atoms with Crippen molar-refractivity contribution in [1.82, 2.24) is 0 Å². The number of hydrogen-bond acceptors (Lipinski definition) is 4. The molecule has 0 aliphatic carbocycles. The number of ether oxygens (including phenoxy) is 2. The van der Waals surface area contributed by atoms with Crippen molar-refractivity contribution in [1.29, 1.82) is 0 Å². The zero-order chi connectivity index (χ0) is 14.6. The highest BCUT2D eigenvalue weighted by atomic mass is 19.1. The summed E-state index contributed by atoms with van der Waals surface area (Å²) in [5, 5.41) is 10.2. The Morgan fingerprint density at radius 1 is 1.47 bits per heavy atom. The largest absolute Gasteiger partial charge is 0.494 e. The van der Waals surface area contributed by atoms with Gasteiger partial charge < -0.3 is 14.6 Å². The summed E-state index contributed by atoms with van der Waals surface area (Å²) in [5.41, 5.74) is -0.854. The van der Waals surface area contributed by atoms with Crippen LogP contribution in [-0.2, 0) is 9.53 Å². The number of carbonyl (C=O) groups excluding carboxylic acids is 1. The van der Waals surface area contributed by atoms with E-state index in [9.17, 15) is 14.3 Å². The molecule has 4 nitrogen and oxygen atoms in total. The summed E-state index contributed by atoms with van der Waals surface area (Å²) in [4.78, 5) is 11.8. The van der Waals surface area contributed by atoms with E-state index in [0.717, 1.165) is 6.07 Å². The molecule has 0 saturated heterocycles. The van der Waals surface area contributed by atoms with Crippen molar-refractivity contribution in [2.75, 3.05) is 13.7 Å². The molecule has 0 aliphatic heterocycles. The van der Waals surface area contributed by atoms with E-state index in [-0.39, 0.29) is 12.4 Å². The van der Waals surface area contributed by atoms with Gasteiger partial charge in [-0.3, -0.25) is 4.79 Å². The zero-order valence-corrected chi connectivity index (χ0v) is 11.6. The Balaban J connectivity index is 3.02. The molecule has 1 atom stereocenters. The van der Waals surface area contributed by atoms with Gasteiger partial charge >= 0.3 is 5.97 Å². The molecule has 0 amide bonds. The van der Waals surface area contributed by atoms with Gasteiger partial charge in [0.1, 0.15) is 0 Å². The Morgan fingerprint density at radius 3 is 2.58 bits per heavy atom. The predicted molar refractivity (Wildman–Crippen MR) is 68.3 cm³/mol. The van der Waals surface area contributed by atoms with Crippen molar-refractivity contribution in [2.45, 2.75) is 26.9 Å². The SMILES string of the molecule is CCOC(=O)C(C)(C)C(O)c1ccc(OC)c(F)c1. The first-order chi connectivity index (χ1) is 8.84. The number of halogens is 1. The van der Waals surface area contributed by atoms with Gasteiger partial charge in [0.15, 0.2) is 11.6 Å². The third-order valence-corrected chi connectivity index (χ3v) is 2.98. The lowest BCUT2D eigenvalue weighted by Gasteiger charge is -2.28. The highest BCUT2D eigenvalue weighted by molar-refractivity contribution is 5.77. The van der Waals surface area contributed by atoms with Crippen LogP contribution >= 0.6 is 0 Å². The molecule has 1 aromatic rings. The molecule has 1 N–H and O–H groups in total. The minimum Gasteiger partial charge on any atom is -0.494 e. The Kier molecular flexibility index (Phi) is 4.89. The quantitative estimate of drug-likeness (QED) is 0.835. The van der Waals surface area contributed by atoms with Gasteiger partial charge in [-0.2, -0.15) is 0 Å². The van der Waals surface area contributed by atoms with E-state index in [1.807, 2.05) is 0 Å². The van der Waals surface area contributed by atoms with E-state index < -0.39 is 23.3 Å². The second-order valence-corrected chi connectivity index (χ2v) is 4.74. The summed E-state index contributed by atoms with van der Waals surface area (Å²) < 4.78 is 23.3. The second-order valence-electron chi connectivity index (χ2n) is 4.74. The van der Waals surface area contributed by atoms with E-state index in [4.69, 9.17) is 9.47 Å². The molecule has 0 aliphatic rings. The van der Waals surface area contributed by atoms with Crippen molar-refractivity contribution in [2.24, 2.45) is 5.41 Å². The van der Waals surface area contributed by atoms with Gasteiger partial charge in [-0.25, -0.2) is 4.39 Å². The van der Waals surface area contributed by atoms with Crippen LogP contribution in [0.5, 0.6) is 5.75 Å². The molecule has 0 heterocycles. The third kappa shape index (κ3) is 3.23. The fourth-order valence-corrected chi connectivity index (χ4v) is 1.70. The number of methoxy groups -OCH3 is 1. The standard InChI is InChI=1S/C14H19FO4/c1-5-19-13(17)14(2,3)12(16)9-6-7-11(18-4)10(15)8-9/h6-8,12,16H,5H2,1-4H3. The highest BCUT2D eigenvalue weighted by Crippen LogP contribution is 2.35. The first-order valence-corrected chi connectivity index (χ1v) is 6.03. The van der Waals surface area contributed by atoms with E-state index in [1.165, 1.54) is 19.2 Å². The number of esters is 1. The van der Waals surface area contributed by atoms with Crippen molar-refractivity contribution < 1.29 is 23.8 Å². The van der Waals surface area contributed by atoms with Gasteiger partial charge in [-0.05, 0) is 38.5 Å². The lowest BCUT2D eigenvalue weighted by atomic mass is 9.82. The summed E-state index contributed by atoms with van der Waals surface area (Å²) >= 11 is 0. The fourth-order valence-electron chi connectivity index (χ4n) is 1.70. The van der Waals surface area contributed by atoms with Crippen LogP contribution in [0.1, 0.15) is 32.4 Å². The summed E-state index contributed by atoms with van der Waals surface area (Å²) in [6.45, 7) is 5.02. The number of rotatable bonds is 5. The van der Waals surface area contributed by atoms with Crippen LogP contribution in [0.15, 0.2) is 18.2 Å². The maximum atomic E-state index is 13.6. The normalized spacial score (nSPS) is 12.9. The number of carbonyl (C=O) groups is 1. The second kappa shape index (κ2) is 6.02. The van der Waals surface area contributed by atoms with Crippen LogP contribution in [0.3, 0.4) is 0 Å². The average Bonchev–Trinajstić information content (AvgIpc) is 2.37. The van der Waals surface area contributed by atoms with Gasteiger partial charge in [0.25, 0.3) is 0 Å². The number of aliphatic hydroxyl groups excluding tert-OH is 1. The molecule has 1 aromatic carbocycles. The first-order valence-electron chi connectivity index (χ1n) is 6.03. The maximum absolute atomic E-state index is 13.6. The number of hydrogen-bond donors (Lipinski definition) is 1.